The van der Waals surface area contributed by atoms with Crippen LogP contribution in [0.4, 0.5) is 5.69 Å². The molecule has 0 bridgehead atoms. The highest BCUT2D eigenvalue weighted by Gasteiger charge is 2.15. The number of hydrogen-bond donors (Lipinski definition) is 1. The topological polar surface area (TPSA) is 68.0 Å². The van der Waals surface area contributed by atoms with Crippen molar-refractivity contribution in [1.82, 2.24) is 10.2 Å². The number of aromatic nitrogens is 2. The van der Waals surface area contributed by atoms with Crippen molar-refractivity contribution in [3.05, 3.63) is 90.5 Å². The summed E-state index contributed by atoms with van der Waals surface area (Å²) in [6.07, 6.45) is 0. The Morgan fingerprint density at radius 2 is 1.35 bits per heavy atom. The Kier molecular flexibility index (Phi) is 4.26. The fourth-order valence-corrected chi connectivity index (χ4v) is 2.59. The van der Waals surface area contributed by atoms with E-state index in [1.165, 1.54) is 0 Å². The first-order valence-electron chi connectivity index (χ1n) is 8.16. The van der Waals surface area contributed by atoms with Crippen LogP contribution in [0.1, 0.15) is 10.4 Å². The van der Waals surface area contributed by atoms with Gasteiger partial charge in [0, 0.05) is 11.1 Å². The quantitative estimate of drug-likeness (QED) is 0.586. The molecule has 0 unspecified atom stereocenters. The van der Waals surface area contributed by atoms with Crippen LogP contribution in [-0.2, 0) is 0 Å². The largest absolute Gasteiger partial charge is 0.416 e. The van der Waals surface area contributed by atoms with Crippen molar-refractivity contribution in [2.24, 2.45) is 0 Å². The van der Waals surface area contributed by atoms with E-state index in [0.717, 1.165) is 5.56 Å². The van der Waals surface area contributed by atoms with Crippen LogP contribution in [0.15, 0.2) is 89.3 Å². The Balaban J connectivity index is 1.64. The van der Waals surface area contributed by atoms with Gasteiger partial charge in [0.05, 0.1) is 11.3 Å². The molecule has 1 heterocycles. The number of carbonyl (C=O) groups is 1. The van der Waals surface area contributed by atoms with Gasteiger partial charge in [-0.25, -0.2) is 0 Å². The van der Waals surface area contributed by atoms with Gasteiger partial charge in [0.25, 0.3) is 5.91 Å². The Bertz CT molecular complexity index is 1030. The third-order valence-electron chi connectivity index (χ3n) is 3.89. The van der Waals surface area contributed by atoms with E-state index in [9.17, 15) is 4.79 Å². The van der Waals surface area contributed by atoms with Crippen LogP contribution < -0.4 is 5.32 Å². The van der Waals surface area contributed by atoms with Crippen molar-refractivity contribution in [3.8, 4) is 22.9 Å². The fraction of sp³-hybridized carbons (Fsp3) is 0. The van der Waals surface area contributed by atoms with Crippen LogP contribution in [0.2, 0.25) is 0 Å². The zero-order valence-corrected chi connectivity index (χ0v) is 13.8. The minimum absolute atomic E-state index is 0.194. The van der Waals surface area contributed by atoms with Crippen LogP contribution in [0, 0.1) is 0 Å². The molecule has 4 aromatic rings. The van der Waals surface area contributed by atoms with Crippen LogP contribution in [-0.4, -0.2) is 16.1 Å². The number of amides is 1. The van der Waals surface area contributed by atoms with Crippen molar-refractivity contribution >= 4 is 11.6 Å². The van der Waals surface area contributed by atoms with Crippen LogP contribution in [0.3, 0.4) is 0 Å². The molecule has 0 atom stereocenters. The first-order chi connectivity index (χ1) is 12.8. The number of benzene rings is 3. The SMILES string of the molecule is O=C(Nc1ccccc1-c1nnc(-c2ccccc2)o1)c1ccccc1. The van der Waals surface area contributed by atoms with E-state index in [-0.39, 0.29) is 5.91 Å². The Labute approximate surface area is 150 Å². The van der Waals surface area contributed by atoms with Gasteiger partial charge in [0.1, 0.15) is 0 Å². The molecule has 126 valence electrons. The first kappa shape index (κ1) is 15.8. The van der Waals surface area contributed by atoms with E-state index in [0.29, 0.717) is 28.6 Å². The average Bonchev–Trinajstić information content (AvgIpc) is 3.20. The summed E-state index contributed by atoms with van der Waals surface area (Å²) in [5, 5.41) is 11.2. The molecule has 0 fully saturated rings. The van der Waals surface area contributed by atoms with Crippen molar-refractivity contribution in [3.63, 3.8) is 0 Å². The van der Waals surface area contributed by atoms with Crippen molar-refractivity contribution in [2.75, 3.05) is 5.32 Å². The molecule has 5 heteroatoms. The maximum Gasteiger partial charge on any atom is 0.255 e. The molecular formula is C21H15N3O2. The number of nitrogens with zero attached hydrogens (tertiary/aromatic N) is 2. The lowest BCUT2D eigenvalue weighted by Crippen LogP contribution is -2.12. The summed E-state index contributed by atoms with van der Waals surface area (Å²) in [5.41, 5.74) is 2.71. The Hall–Kier alpha value is -3.73. The molecule has 0 saturated carbocycles. The third-order valence-corrected chi connectivity index (χ3v) is 3.89. The minimum atomic E-state index is -0.194. The fourth-order valence-electron chi connectivity index (χ4n) is 2.59. The highest BCUT2D eigenvalue weighted by Crippen LogP contribution is 2.29. The second kappa shape index (κ2) is 7.03. The summed E-state index contributed by atoms with van der Waals surface area (Å²) in [6, 6.07) is 25.9. The molecule has 4 rings (SSSR count). The highest BCUT2D eigenvalue weighted by molar-refractivity contribution is 6.05. The lowest BCUT2D eigenvalue weighted by Gasteiger charge is -2.08. The van der Waals surface area contributed by atoms with E-state index in [4.69, 9.17) is 4.42 Å². The molecule has 1 aromatic heterocycles. The summed E-state index contributed by atoms with van der Waals surface area (Å²) in [6.45, 7) is 0. The molecule has 0 aliphatic carbocycles. The monoisotopic (exact) mass is 341 g/mol. The lowest BCUT2D eigenvalue weighted by molar-refractivity contribution is 0.102. The molecule has 1 N–H and O–H groups in total. The van der Waals surface area contributed by atoms with Crippen molar-refractivity contribution in [2.45, 2.75) is 0 Å². The smallest absolute Gasteiger partial charge is 0.255 e. The standard InChI is InChI=1S/C21H15N3O2/c25-19(15-9-3-1-4-10-15)22-18-14-8-7-13-17(18)21-24-23-20(26-21)16-11-5-2-6-12-16/h1-14H,(H,22,25). The molecule has 0 aliphatic rings. The van der Waals surface area contributed by atoms with E-state index < -0.39 is 0 Å². The Morgan fingerprint density at radius 1 is 0.731 bits per heavy atom. The van der Waals surface area contributed by atoms with Gasteiger partial charge >= 0.3 is 0 Å². The van der Waals surface area contributed by atoms with Crippen LogP contribution in [0.25, 0.3) is 22.9 Å². The molecule has 3 aromatic carbocycles. The van der Waals surface area contributed by atoms with Gasteiger partial charge in [-0.15, -0.1) is 10.2 Å². The van der Waals surface area contributed by atoms with Gasteiger partial charge in [0.2, 0.25) is 11.8 Å². The normalized spacial score (nSPS) is 10.5. The second-order valence-electron chi connectivity index (χ2n) is 5.64. The van der Waals surface area contributed by atoms with Crippen LogP contribution in [0.5, 0.6) is 0 Å². The molecular weight excluding hydrogens is 326 g/mol. The van der Waals surface area contributed by atoms with Crippen LogP contribution >= 0.6 is 0 Å². The van der Waals surface area contributed by atoms with E-state index in [2.05, 4.69) is 15.5 Å². The second-order valence-corrected chi connectivity index (χ2v) is 5.64. The molecule has 0 spiro atoms. The van der Waals surface area contributed by atoms with Gasteiger partial charge in [-0.1, -0.05) is 48.5 Å². The summed E-state index contributed by atoms with van der Waals surface area (Å²) in [5.74, 6) is 0.596. The number of carbonyl (C=O) groups excluding carboxylic acids is 1. The van der Waals surface area contributed by atoms with E-state index in [1.54, 1.807) is 12.1 Å². The highest BCUT2D eigenvalue weighted by atomic mass is 16.4. The van der Waals surface area contributed by atoms with Crippen molar-refractivity contribution in [1.29, 1.82) is 0 Å². The number of hydrogen-bond acceptors (Lipinski definition) is 4. The molecule has 26 heavy (non-hydrogen) atoms. The molecule has 0 radical (unpaired) electrons. The van der Waals surface area contributed by atoms with E-state index in [1.807, 2.05) is 72.8 Å². The number of para-hydroxylation sites is 1. The minimum Gasteiger partial charge on any atom is -0.416 e. The number of nitrogens with one attached hydrogen (secondary N) is 1. The van der Waals surface area contributed by atoms with Gasteiger partial charge in [-0.2, -0.15) is 0 Å². The van der Waals surface area contributed by atoms with Crippen molar-refractivity contribution < 1.29 is 9.21 Å². The maximum absolute atomic E-state index is 12.4. The third kappa shape index (κ3) is 3.23. The van der Waals surface area contributed by atoms with Gasteiger partial charge in [-0.3, -0.25) is 4.79 Å². The zero-order chi connectivity index (χ0) is 17.8. The summed E-state index contributed by atoms with van der Waals surface area (Å²) in [4.78, 5) is 12.4. The first-order valence-corrected chi connectivity index (χ1v) is 8.16. The molecule has 0 saturated heterocycles. The maximum atomic E-state index is 12.4. The Morgan fingerprint density at radius 3 is 2.12 bits per heavy atom. The number of rotatable bonds is 4. The number of anilines is 1. The summed E-state index contributed by atoms with van der Waals surface area (Å²) >= 11 is 0. The average molecular weight is 341 g/mol. The lowest BCUT2D eigenvalue weighted by atomic mass is 10.1. The van der Waals surface area contributed by atoms with Gasteiger partial charge < -0.3 is 9.73 Å². The molecule has 1 amide bonds. The van der Waals surface area contributed by atoms with Gasteiger partial charge in [0.15, 0.2) is 0 Å². The van der Waals surface area contributed by atoms with Gasteiger partial charge in [-0.05, 0) is 36.4 Å². The summed E-state index contributed by atoms with van der Waals surface area (Å²) in [7, 11) is 0. The molecule has 0 aliphatic heterocycles. The molecule has 5 nitrogen and oxygen atoms in total. The zero-order valence-electron chi connectivity index (χ0n) is 13.8. The predicted molar refractivity (Wildman–Crippen MR) is 99.6 cm³/mol. The predicted octanol–water partition coefficient (Wildman–Crippen LogP) is 4.66. The summed E-state index contributed by atoms with van der Waals surface area (Å²) < 4.78 is 5.81. The van der Waals surface area contributed by atoms with E-state index >= 15 is 0 Å².